The van der Waals surface area contributed by atoms with Crippen molar-refractivity contribution in [3.8, 4) is 0 Å². The van der Waals surface area contributed by atoms with Gasteiger partial charge in [-0.15, -0.1) is 35.1 Å². The fourth-order valence-electron chi connectivity index (χ4n) is 2.65. The minimum absolute atomic E-state index is 0. The van der Waals surface area contributed by atoms with E-state index in [4.69, 9.17) is 5.73 Å². The van der Waals surface area contributed by atoms with E-state index in [-0.39, 0.29) is 18.3 Å². The molecule has 0 spiro atoms. The largest absolute Gasteiger partial charge is 0.365 e. The highest BCUT2D eigenvalue weighted by Gasteiger charge is 2.27. The molecule has 0 aromatic carbocycles. The van der Waals surface area contributed by atoms with Crippen LogP contribution in [0.3, 0.4) is 0 Å². The molecule has 0 saturated carbocycles. The van der Waals surface area contributed by atoms with E-state index >= 15 is 0 Å². The number of likely N-dealkylation sites (N-methyl/N-ethyl adjacent to an activating group) is 1. The summed E-state index contributed by atoms with van der Waals surface area (Å²) in [6.45, 7) is 4.82. The molecule has 2 aromatic heterocycles. The lowest BCUT2D eigenvalue weighted by atomic mass is 10.0. The van der Waals surface area contributed by atoms with E-state index in [1.807, 2.05) is 11.4 Å². The van der Waals surface area contributed by atoms with Crippen molar-refractivity contribution in [2.45, 2.75) is 19.9 Å². The average molecular weight is 372 g/mol. The molecule has 2 aromatic rings. The molecule has 23 heavy (non-hydrogen) atoms. The van der Waals surface area contributed by atoms with Crippen LogP contribution in [0.1, 0.15) is 37.4 Å². The maximum absolute atomic E-state index is 12.2. The first-order valence-electron chi connectivity index (χ1n) is 7.11. The first kappa shape index (κ1) is 17.9. The summed E-state index contributed by atoms with van der Waals surface area (Å²) in [5, 5.41) is 5.28. The first-order valence-corrected chi connectivity index (χ1v) is 8.81. The number of nitrogens with two attached hydrogens (primary N) is 1. The summed E-state index contributed by atoms with van der Waals surface area (Å²) < 4.78 is 0. The zero-order chi connectivity index (χ0) is 15.7. The van der Waals surface area contributed by atoms with Crippen LogP contribution in [-0.2, 0) is 13.0 Å². The fraction of sp³-hybridized carbons (Fsp3) is 0.333. The van der Waals surface area contributed by atoms with Crippen LogP contribution in [0, 0.1) is 0 Å². The molecule has 0 aliphatic carbocycles. The van der Waals surface area contributed by atoms with Gasteiger partial charge in [-0.3, -0.25) is 14.5 Å². The van der Waals surface area contributed by atoms with E-state index in [9.17, 15) is 9.59 Å². The van der Waals surface area contributed by atoms with Gasteiger partial charge in [0, 0.05) is 18.0 Å². The van der Waals surface area contributed by atoms with Gasteiger partial charge in [0.05, 0.1) is 10.4 Å². The number of fused-ring (bicyclic) bond motifs is 1. The standard InChI is InChI=1S/C15H17N3O2S2.ClH/c1-2-18-6-5-9-11(8-18)22-15(12(9)13(16)19)17-14(20)10-4-3-7-21-10;/h3-4,7H,2,5-6,8H2,1H3,(H2,16,19)(H,17,20);1H. The summed E-state index contributed by atoms with van der Waals surface area (Å²) >= 11 is 2.84. The van der Waals surface area contributed by atoms with Gasteiger partial charge in [0.25, 0.3) is 11.8 Å². The third-order valence-electron chi connectivity index (χ3n) is 3.80. The molecule has 2 amide bonds. The van der Waals surface area contributed by atoms with E-state index in [0.717, 1.165) is 36.5 Å². The Kier molecular flexibility index (Phi) is 5.80. The number of nitrogens with zero attached hydrogens (tertiary/aromatic N) is 1. The Labute approximate surface area is 148 Å². The molecule has 0 bridgehead atoms. The van der Waals surface area contributed by atoms with Crippen LogP contribution in [0.5, 0.6) is 0 Å². The molecule has 0 atom stereocenters. The zero-order valence-electron chi connectivity index (χ0n) is 12.6. The summed E-state index contributed by atoms with van der Waals surface area (Å²) in [6, 6.07) is 3.59. The van der Waals surface area contributed by atoms with Crippen molar-refractivity contribution in [2.75, 3.05) is 18.4 Å². The van der Waals surface area contributed by atoms with E-state index < -0.39 is 5.91 Å². The number of anilines is 1. The van der Waals surface area contributed by atoms with Crippen LogP contribution in [0.15, 0.2) is 17.5 Å². The van der Waals surface area contributed by atoms with Gasteiger partial charge < -0.3 is 11.1 Å². The Morgan fingerprint density at radius 3 is 2.83 bits per heavy atom. The number of nitrogens with one attached hydrogen (secondary N) is 1. The third kappa shape index (κ3) is 3.58. The molecule has 0 saturated heterocycles. The lowest BCUT2D eigenvalue weighted by molar-refractivity contribution is 0.1000. The number of amides is 2. The van der Waals surface area contributed by atoms with Gasteiger partial charge in [0.1, 0.15) is 5.00 Å². The van der Waals surface area contributed by atoms with Crippen molar-refractivity contribution in [1.29, 1.82) is 0 Å². The Morgan fingerprint density at radius 2 is 2.22 bits per heavy atom. The van der Waals surface area contributed by atoms with Gasteiger partial charge in [-0.1, -0.05) is 13.0 Å². The van der Waals surface area contributed by atoms with Crippen LogP contribution < -0.4 is 11.1 Å². The number of carbonyl (C=O) groups excluding carboxylic acids is 2. The molecule has 0 fully saturated rings. The minimum atomic E-state index is -0.469. The van der Waals surface area contributed by atoms with Gasteiger partial charge in [-0.05, 0) is 30.0 Å². The second-order valence-electron chi connectivity index (χ2n) is 5.12. The molecular formula is C15H18ClN3O2S2. The molecule has 3 N–H and O–H groups in total. The van der Waals surface area contributed by atoms with E-state index in [1.165, 1.54) is 22.7 Å². The zero-order valence-corrected chi connectivity index (χ0v) is 15.1. The SMILES string of the molecule is CCN1CCc2c(sc(NC(=O)c3cccs3)c2C(N)=O)C1.Cl. The second-order valence-corrected chi connectivity index (χ2v) is 7.18. The quantitative estimate of drug-likeness (QED) is 0.867. The maximum atomic E-state index is 12.2. The van der Waals surface area contributed by atoms with Crippen molar-refractivity contribution in [3.63, 3.8) is 0 Å². The predicted octanol–water partition coefficient (Wildman–Crippen LogP) is 2.96. The highest BCUT2D eigenvalue weighted by atomic mass is 35.5. The van der Waals surface area contributed by atoms with Gasteiger partial charge >= 0.3 is 0 Å². The fourth-order valence-corrected chi connectivity index (χ4v) is 4.56. The van der Waals surface area contributed by atoms with Crippen molar-refractivity contribution < 1.29 is 9.59 Å². The van der Waals surface area contributed by atoms with Gasteiger partial charge in [-0.25, -0.2) is 0 Å². The van der Waals surface area contributed by atoms with E-state index in [2.05, 4.69) is 17.1 Å². The van der Waals surface area contributed by atoms with E-state index in [1.54, 1.807) is 6.07 Å². The Hall–Kier alpha value is -1.41. The van der Waals surface area contributed by atoms with Crippen molar-refractivity contribution in [2.24, 2.45) is 5.73 Å². The van der Waals surface area contributed by atoms with Crippen molar-refractivity contribution in [3.05, 3.63) is 38.4 Å². The first-order chi connectivity index (χ1) is 10.6. The van der Waals surface area contributed by atoms with Gasteiger partial charge in [0.15, 0.2) is 0 Å². The highest BCUT2D eigenvalue weighted by Crippen LogP contribution is 2.37. The highest BCUT2D eigenvalue weighted by molar-refractivity contribution is 7.17. The number of carbonyl (C=O) groups is 2. The number of hydrogen-bond acceptors (Lipinski definition) is 5. The molecule has 3 rings (SSSR count). The van der Waals surface area contributed by atoms with Crippen LogP contribution in [0.25, 0.3) is 0 Å². The smallest absolute Gasteiger partial charge is 0.266 e. The summed E-state index contributed by atoms with van der Waals surface area (Å²) in [4.78, 5) is 28.1. The molecule has 8 heteroatoms. The summed E-state index contributed by atoms with van der Waals surface area (Å²) in [5.41, 5.74) is 7.04. The van der Waals surface area contributed by atoms with Gasteiger partial charge in [0.2, 0.25) is 0 Å². The number of thiophene rings is 2. The Bertz CT molecular complexity index is 713. The Balaban J connectivity index is 0.00000192. The monoisotopic (exact) mass is 371 g/mol. The van der Waals surface area contributed by atoms with Crippen molar-refractivity contribution in [1.82, 2.24) is 4.90 Å². The van der Waals surface area contributed by atoms with Gasteiger partial charge in [-0.2, -0.15) is 0 Å². The summed E-state index contributed by atoms with van der Waals surface area (Å²) in [5.74, 6) is -0.660. The summed E-state index contributed by atoms with van der Waals surface area (Å²) in [6.07, 6.45) is 0.798. The molecule has 5 nitrogen and oxygen atoms in total. The van der Waals surface area contributed by atoms with Crippen LogP contribution in [0.4, 0.5) is 5.00 Å². The average Bonchev–Trinajstić information content (AvgIpc) is 3.13. The van der Waals surface area contributed by atoms with E-state index in [0.29, 0.717) is 15.4 Å². The second kappa shape index (κ2) is 7.44. The molecule has 1 aliphatic heterocycles. The van der Waals surface area contributed by atoms with Crippen molar-refractivity contribution >= 4 is 51.9 Å². The number of hydrogen-bond donors (Lipinski definition) is 2. The Morgan fingerprint density at radius 1 is 1.43 bits per heavy atom. The number of primary amides is 1. The lowest BCUT2D eigenvalue weighted by Crippen LogP contribution is -2.30. The molecule has 124 valence electrons. The predicted molar refractivity (Wildman–Crippen MR) is 97.0 cm³/mol. The maximum Gasteiger partial charge on any atom is 0.266 e. The number of rotatable bonds is 4. The molecular weight excluding hydrogens is 354 g/mol. The number of halogens is 1. The van der Waals surface area contributed by atoms with Crippen LogP contribution in [-0.4, -0.2) is 29.8 Å². The molecule has 3 heterocycles. The summed E-state index contributed by atoms with van der Waals surface area (Å²) in [7, 11) is 0. The van der Waals surface area contributed by atoms with Crippen LogP contribution in [0.2, 0.25) is 0 Å². The topological polar surface area (TPSA) is 75.4 Å². The molecule has 0 unspecified atom stereocenters. The third-order valence-corrected chi connectivity index (χ3v) is 5.80. The minimum Gasteiger partial charge on any atom is -0.365 e. The lowest BCUT2D eigenvalue weighted by Gasteiger charge is -2.25. The molecule has 1 aliphatic rings. The molecule has 0 radical (unpaired) electrons. The van der Waals surface area contributed by atoms with Crippen LogP contribution >= 0.6 is 35.1 Å². The normalized spacial score (nSPS) is 14.0.